The molecule has 16 heavy (non-hydrogen) atoms. The summed E-state index contributed by atoms with van der Waals surface area (Å²) in [5, 5.41) is 8.49. The van der Waals surface area contributed by atoms with Crippen LogP contribution in [0.2, 0.25) is 0 Å². The molecule has 0 aliphatic heterocycles. The predicted molar refractivity (Wildman–Crippen MR) is 46.0 cm³/mol. The lowest BCUT2D eigenvalue weighted by Crippen LogP contribution is -2.25. The minimum atomic E-state index is -4.84. The summed E-state index contributed by atoms with van der Waals surface area (Å²) in [4.78, 5) is 10.5. The Hall–Kier alpha value is -1.63. The average Bonchev–Trinajstić information content (AvgIpc) is 2.14. The van der Waals surface area contributed by atoms with Crippen LogP contribution in [-0.4, -0.2) is 11.1 Å². The van der Waals surface area contributed by atoms with E-state index >= 15 is 0 Å². The molecule has 0 amide bonds. The van der Waals surface area contributed by atoms with Gasteiger partial charge in [0.25, 0.3) is 0 Å². The summed E-state index contributed by atoms with van der Waals surface area (Å²) in [7, 11) is 0. The topological polar surface area (TPSA) is 63.3 Å². The highest BCUT2D eigenvalue weighted by Crippen LogP contribution is 2.35. The lowest BCUT2D eigenvalue weighted by molar-refractivity contribution is -0.141. The number of carboxylic acid groups (broad SMARTS) is 1. The monoisotopic (exact) mass is 237 g/mol. The summed E-state index contributed by atoms with van der Waals surface area (Å²) < 4.78 is 50.5. The predicted octanol–water partition coefficient (Wildman–Crippen LogP) is 1.93. The number of hydrogen-bond acceptors (Lipinski definition) is 2. The number of nitrogens with two attached hydrogens (primary N) is 1. The van der Waals surface area contributed by atoms with Gasteiger partial charge in [-0.25, -0.2) is 4.39 Å². The molecule has 1 aromatic rings. The molecule has 0 fully saturated rings. The van der Waals surface area contributed by atoms with Crippen molar-refractivity contribution in [2.24, 2.45) is 5.73 Å². The molecular formula is C9H7F4NO2. The summed E-state index contributed by atoms with van der Waals surface area (Å²) in [6.07, 6.45) is -4.84. The number of hydrogen-bond donors (Lipinski definition) is 2. The first-order chi connectivity index (χ1) is 7.25. The van der Waals surface area contributed by atoms with Crippen LogP contribution < -0.4 is 5.73 Å². The molecule has 7 heteroatoms. The van der Waals surface area contributed by atoms with Gasteiger partial charge in [0, 0.05) is 5.56 Å². The van der Waals surface area contributed by atoms with Crippen LogP contribution in [0.5, 0.6) is 0 Å². The minimum Gasteiger partial charge on any atom is -0.480 e. The normalized spacial score (nSPS) is 13.6. The zero-order chi connectivity index (χ0) is 12.5. The van der Waals surface area contributed by atoms with Crippen molar-refractivity contribution in [3.8, 4) is 0 Å². The zero-order valence-corrected chi connectivity index (χ0v) is 7.75. The van der Waals surface area contributed by atoms with Crippen LogP contribution in [0.3, 0.4) is 0 Å². The van der Waals surface area contributed by atoms with Crippen molar-refractivity contribution < 1.29 is 27.5 Å². The number of rotatable bonds is 2. The molecule has 0 heterocycles. The molecule has 1 atom stereocenters. The van der Waals surface area contributed by atoms with E-state index < -0.39 is 35.1 Å². The number of carboxylic acids is 1. The van der Waals surface area contributed by atoms with Crippen LogP contribution in [-0.2, 0) is 11.0 Å². The second-order valence-corrected chi connectivity index (χ2v) is 3.01. The van der Waals surface area contributed by atoms with Gasteiger partial charge in [0.1, 0.15) is 11.9 Å². The van der Waals surface area contributed by atoms with Gasteiger partial charge in [-0.3, -0.25) is 4.79 Å². The second-order valence-electron chi connectivity index (χ2n) is 3.01. The fourth-order valence-corrected chi connectivity index (χ4v) is 1.22. The van der Waals surface area contributed by atoms with E-state index in [-0.39, 0.29) is 0 Å². The van der Waals surface area contributed by atoms with Crippen LogP contribution >= 0.6 is 0 Å². The third-order valence-electron chi connectivity index (χ3n) is 1.94. The third-order valence-corrected chi connectivity index (χ3v) is 1.94. The maximum absolute atomic E-state index is 13.1. The minimum absolute atomic E-state index is 0.585. The van der Waals surface area contributed by atoms with Crippen LogP contribution in [0.15, 0.2) is 18.2 Å². The van der Waals surface area contributed by atoms with Gasteiger partial charge in [0.05, 0.1) is 5.56 Å². The van der Waals surface area contributed by atoms with Gasteiger partial charge in [0.2, 0.25) is 0 Å². The summed E-state index contributed by atoms with van der Waals surface area (Å²) >= 11 is 0. The quantitative estimate of drug-likeness (QED) is 0.772. The molecule has 0 saturated carbocycles. The molecule has 1 rings (SSSR count). The molecule has 88 valence electrons. The Labute approximate surface area is 87.5 Å². The Bertz CT molecular complexity index is 416. The molecule has 0 aliphatic rings. The van der Waals surface area contributed by atoms with Gasteiger partial charge < -0.3 is 10.8 Å². The molecule has 0 bridgehead atoms. The summed E-state index contributed by atoms with van der Waals surface area (Å²) in [6, 6.07) is 0.114. The molecule has 0 aromatic heterocycles. The van der Waals surface area contributed by atoms with Gasteiger partial charge in [-0.2, -0.15) is 13.2 Å². The lowest BCUT2D eigenvalue weighted by atomic mass is 10.00. The SMILES string of the molecule is N[C@H](C(=O)O)c1c(F)cccc1C(F)(F)F. The highest BCUT2D eigenvalue weighted by Gasteiger charge is 2.37. The molecule has 0 aliphatic carbocycles. The number of carbonyl (C=O) groups is 1. The number of benzene rings is 1. The van der Waals surface area contributed by atoms with Crippen molar-refractivity contribution in [3.05, 3.63) is 35.1 Å². The average molecular weight is 237 g/mol. The highest BCUT2D eigenvalue weighted by atomic mass is 19.4. The van der Waals surface area contributed by atoms with E-state index in [2.05, 4.69) is 0 Å². The Morgan fingerprint density at radius 2 is 1.94 bits per heavy atom. The fraction of sp³-hybridized carbons (Fsp3) is 0.222. The Kier molecular flexibility index (Phi) is 3.18. The van der Waals surface area contributed by atoms with Crippen molar-refractivity contribution in [1.82, 2.24) is 0 Å². The van der Waals surface area contributed by atoms with E-state index in [1.54, 1.807) is 0 Å². The van der Waals surface area contributed by atoms with E-state index in [9.17, 15) is 22.4 Å². The van der Waals surface area contributed by atoms with E-state index in [4.69, 9.17) is 10.8 Å². The van der Waals surface area contributed by atoms with Crippen LogP contribution in [0, 0.1) is 5.82 Å². The zero-order valence-electron chi connectivity index (χ0n) is 7.75. The van der Waals surface area contributed by atoms with Gasteiger partial charge >= 0.3 is 12.1 Å². The van der Waals surface area contributed by atoms with E-state index in [0.717, 1.165) is 12.1 Å². The maximum atomic E-state index is 13.1. The summed E-state index contributed by atoms with van der Waals surface area (Å²) in [5.41, 5.74) is 2.57. The van der Waals surface area contributed by atoms with Crippen molar-refractivity contribution in [3.63, 3.8) is 0 Å². The second kappa shape index (κ2) is 4.09. The molecule has 0 spiro atoms. The van der Waals surface area contributed by atoms with Crippen molar-refractivity contribution in [1.29, 1.82) is 0 Å². The highest BCUT2D eigenvalue weighted by molar-refractivity contribution is 5.76. The lowest BCUT2D eigenvalue weighted by Gasteiger charge is -2.15. The van der Waals surface area contributed by atoms with Gasteiger partial charge in [-0.1, -0.05) is 6.07 Å². The molecule has 0 saturated heterocycles. The molecule has 0 unspecified atom stereocenters. The first kappa shape index (κ1) is 12.4. The first-order valence-electron chi connectivity index (χ1n) is 4.09. The van der Waals surface area contributed by atoms with Crippen LogP contribution in [0.4, 0.5) is 17.6 Å². The first-order valence-corrected chi connectivity index (χ1v) is 4.09. The van der Waals surface area contributed by atoms with Gasteiger partial charge in [0.15, 0.2) is 0 Å². The van der Waals surface area contributed by atoms with Crippen molar-refractivity contribution in [2.45, 2.75) is 12.2 Å². The van der Waals surface area contributed by atoms with Crippen LogP contribution in [0.1, 0.15) is 17.2 Å². The Balaban J connectivity index is 3.41. The maximum Gasteiger partial charge on any atom is 0.416 e. The third kappa shape index (κ3) is 2.30. The van der Waals surface area contributed by atoms with Crippen molar-refractivity contribution >= 4 is 5.97 Å². The molecule has 3 nitrogen and oxygen atoms in total. The number of aliphatic carboxylic acids is 1. The Morgan fingerprint density at radius 1 is 1.38 bits per heavy atom. The van der Waals surface area contributed by atoms with E-state index in [1.165, 1.54) is 0 Å². The molecule has 0 radical (unpaired) electrons. The van der Waals surface area contributed by atoms with E-state index in [0.29, 0.717) is 6.07 Å². The molecule has 3 N–H and O–H groups in total. The summed E-state index contributed by atoms with van der Waals surface area (Å²) in [5.74, 6) is -3.01. The smallest absolute Gasteiger partial charge is 0.416 e. The standard InChI is InChI=1S/C9H7F4NO2/c10-5-3-1-2-4(9(11,12)13)6(5)7(14)8(15)16/h1-3,7H,14H2,(H,15,16)/t7-/m0/s1. The van der Waals surface area contributed by atoms with Gasteiger partial charge in [-0.05, 0) is 12.1 Å². The van der Waals surface area contributed by atoms with Crippen molar-refractivity contribution in [2.75, 3.05) is 0 Å². The summed E-state index contributed by atoms with van der Waals surface area (Å²) in [6.45, 7) is 0. The fourth-order valence-electron chi connectivity index (χ4n) is 1.22. The van der Waals surface area contributed by atoms with E-state index in [1.807, 2.05) is 0 Å². The molecule has 1 aromatic carbocycles. The Morgan fingerprint density at radius 3 is 2.38 bits per heavy atom. The number of alkyl halides is 3. The molecular weight excluding hydrogens is 230 g/mol. The van der Waals surface area contributed by atoms with Crippen LogP contribution in [0.25, 0.3) is 0 Å². The largest absolute Gasteiger partial charge is 0.480 e. The number of halogens is 4. The van der Waals surface area contributed by atoms with Gasteiger partial charge in [-0.15, -0.1) is 0 Å².